The third-order valence-electron chi connectivity index (χ3n) is 2.64. The number of nitrogens with one attached hydrogen (secondary N) is 2. The summed E-state index contributed by atoms with van der Waals surface area (Å²) < 4.78 is 48.2. The number of hydrogen-bond donors (Lipinski definition) is 3. The zero-order valence-corrected chi connectivity index (χ0v) is 14.7. The summed E-state index contributed by atoms with van der Waals surface area (Å²) in [4.78, 5) is 11.2. The van der Waals surface area contributed by atoms with Gasteiger partial charge in [0, 0.05) is 12.1 Å². The van der Waals surface area contributed by atoms with Crippen LogP contribution in [0.5, 0.6) is 0 Å². The van der Waals surface area contributed by atoms with Crippen molar-refractivity contribution in [1.29, 1.82) is 0 Å². The third kappa shape index (κ3) is 4.47. The zero-order chi connectivity index (χ0) is 18.0. The summed E-state index contributed by atoms with van der Waals surface area (Å²) in [5.74, 6) is -0.201. The Morgan fingerprint density at radius 3 is 2.29 bits per heavy atom. The number of hydrogen-bond acceptors (Lipinski definition) is 8. The van der Waals surface area contributed by atoms with Crippen LogP contribution in [-0.4, -0.2) is 32.9 Å². The minimum atomic E-state index is -4.05. The van der Waals surface area contributed by atoms with Crippen LogP contribution in [0.4, 0.5) is 10.8 Å². The van der Waals surface area contributed by atoms with Gasteiger partial charge in [-0.05, 0) is 24.3 Å². The van der Waals surface area contributed by atoms with E-state index in [1.54, 1.807) is 6.92 Å². The highest BCUT2D eigenvalue weighted by Crippen LogP contribution is 2.22. The van der Waals surface area contributed by atoms with Gasteiger partial charge in [-0.2, -0.15) is 0 Å². The Morgan fingerprint density at radius 2 is 1.79 bits per heavy atom. The van der Waals surface area contributed by atoms with Gasteiger partial charge in [-0.15, -0.1) is 10.2 Å². The molecular formula is C11H13N5O5S3. The molecule has 1 aromatic carbocycles. The molecule has 130 valence electrons. The molecule has 4 N–H and O–H groups in total. The van der Waals surface area contributed by atoms with Crippen LogP contribution in [0.1, 0.15) is 13.3 Å². The smallest absolute Gasteiger partial charge is 0.267 e. The van der Waals surface area contributed by atoms with Crippen molar-refractivity contribution >= 4 is 48.1 Å². The van der Waals surface area contributed by atoms with E-state index in [-0.39, 0.29) is 15.9 Å². The molecule has 0 saturated carbocycles. The fraction of sp³-hybridized carbons (Fsp3) is 0.182. The minimum Gasteiger partial charge on any atom is -0.326 e. The molecule has 0 aliphatic rings. The third-order valence-corrected chi connectivity index (χ3v) is 6.27. The van der Waals surface area contributed by atoms with Crippen LogP contribution in [0.2, 0.25) is 0 Å². The summed E-state index contributed by atoms with van der Waals surface area (Å²) in [6.07, 6.45) is 0.297. The number of nitrogens with two attached hydrogens (primary N) is 1. The number of amides is 1. The van der Waals surface area contributed by atoms with Crippen molar-refractivity contribution in [1.82, 2.24) is 10.2 Å². The molecule has 0 aliphatic heterocycles. The Kier molecular flexibility index (Phi) is 5.17. The van der Waals surface area contributed by atoms with Crippen LogP contribution in [0.15, 0.2) is 33.5 Å². The van der Waals surface area contributed by atoms with Crippen molar-refractivity contribution < 1.29 is 21.6 Å². The van der Waals surface area contributed by atoms with Crippen LogP contribution < -0.4 is 15.2 Å². The molecule has 24 heavy (non-hydrogen) atoms. The van der Waals surface area contributed by atoms with Gasteiger partial charge in [0.15, 0.2) is 0 Å². The number of rotatable bonds is 6. The molecule has 2 aromatic rings. The van der Waals surface area contributed by atoms with Gasteiger partial charge in [-0.3, -0.25) is 9.52 Å². The predicted octanol–water partition coefficient (Wildman–Crippen LogP) is 0.335. The van der Waals surface area contributed by atoms with Gasteiger partial charge in [-0.1, -0.05) is 18.3 Å². The number of sulfonamides is 2. The van der Waals surface area contributed by atoms with Crippen LogP contribution in [0, 0.1) is 0 Å². The lowest BCUT2D eigenvalue weighted by molar-refractivity contribution is -0.115. The Morgan fingerprint density at radius 1 is 1.17 bits per heavy atom. The molecule has 0 saturated heterocycles. The summed E-state index contributed by atoms with van der Waals surface area (Å²) in [6.45, 7) is 1.69. The molecular weight excluding hydrogens is 378 g/mol. The number of nitrogens with zero attached hydrogens (tertiary/aromatic N) is 2. The van der Waals surface area contributed by atoms with Crippen molar-refractivity contribution in [2.45, 2.75) is 22.6 Å². The molecule has 1 heterocycles. The molecule has 0 radical (unpaired) electrons. The second kappa shape index (κ2) is 6.80. The molecule has 0 aliphatic carbocycles. The van der Waals surface area contributed by atoms with Gasteiger partial charge in [0.05, 0.1) is 4.90 Å². The summed E-state index contributed by atoms with van der Waals surface area (Å²) in [5.41, 5.74) is 0.452. The Labute approximate surface area is 142 Å². The number of aromatic nitrogens is 2. The van der Waals surface area contributed by atoms with Crippen LogP contribution in [0.3, 0.4) is 0 Å². The normalized spacial score (nSPS) is 11.9. The molecule has 13 heteroatoms. The quantitative estimate of drug-likeness (QED) is 0.639. The fourth-order valence-corrected chi connectivity index (χ4v) is 4.07. The van der Waals surface area contributed by atoms with Crippen molar-refractivity contribution in [3.05, 3.63) is 24.3 Å². The van der Waals surface area contributed by atoms with Gasteiger partial charge in [0.1, 0.15) is 0 Å². The van der Waals surface area contributed by atoms with E-state index in [0.717, 1.165) is 0 Å². The number of benzene rings is 1. The number of anilines is 2. The van der Waals surface area contributed by atoms with E-state index in [9.17, 15) is 21.6 Å². The first-order valence-corrected chi connectivity index (χ1v) is 10.3. The maximum atomic E-state index is 12.2. The Hall–Kier alpha value is -2.09. The van der Waals surface area contributed by atoms with E-state index in [0.29, 0.717) is 23.4 Å². The first-order valence-electron chi connectivity index (χ1n) is 6.41. The highest BCUT2D eigenvalue weighted by atomic mass is 32.2. The summed E-state index contributed by atoms with van der Waals surface area (Å²) >= 11 is 0.493. The van der Waals surface area contributed by atoms with Crippen molar-refractivity contribution in [2.24, 2.45) is 5.14 Å². The SMILES string of the molecule is CCC(=O)Nc1ccc(S(=O)(=O)Nc2nnc(S(N)(=O)=O)s2)cc1. The topological polar surface area (TPSA) is 161 Å². The summed E-state index contributed by atoms with van der Waals surface area (Å²) in [5, 5.41) is 14.0. The summed E-state index contributed by atoms with van der Waals surface area (Å²) in [6, 6.07) is 5.43. The van der Waals surface area contributed by atoms with E-state index in [1.165, 1.54) is 24.3 Å². The lowest BCUT2D eigenvalue weighted by Gasteiger charge is -2.07. The molecule has 0 fully saturated rings. The van der Waals surface area contributed by atoms with Gasteiger partial charge < -0.3 is 5.32 Å². The van der Waals surface area contributed by atoms with E-state index in [2.05, 4.69) is 20.2 Å². The number of primary sulfonamides is 1. The van der Waals surface area contributed by atoms with Gasteiger partial charge in [0.25, 0.3) is 20.0 Å². The Balaban J connectivity index is 2.18. The van der Waals surface area contributed by atoms with Gasteiger partial charge >= 0.3 is 0 Å². The molecule has 1 amide bonds. The monoisotopic (exact) mass is 391 g/mol. The predicted molar refractivity (Wildman–Crippen MR) is 87.5 cm³/mol. The number of carbonyl (C=O) groups excluding carboxylic acids is 1. The maximum absolute atomic E-state index is 12.2. The lowest BCUT2D eigenvalue weighted by Crippen LogP contribution is -2.13. The molecule has 0 bridgehead atoms. The highest BCUT2D eigenvalue weighted by Gasteiger charge is 2.20. The highest BCUT2D eigenvalue weighted by molar-refractivity contribution is 7.93. The molecule has 10 nitrogen and oxygen atoms in total. The van der Waals surface area contributed by atoms with E-state index >= 15 is 0 Å². The van der Waals surface area contributed by atoms with Crippen molar-refractivity contribution in [3.63, 3.8) is 0 Å². The molecule has 2 rings (SSSR count). The maximum Gasteiger partial charge on any atom is 0.267 e. The average molecular weight is 391 g/mol. The number of carbonyl (C=O) groups is 1. The second-order valence-electron chi connectivity index (χ2n) is 4.45. The van der Waals surface area contributed by atoms with E-state index in [4.69, 9.17) is 5.14 Å². The standard InChI is InChI=1S/C11H13N5O5S3/c1-2-9(17)13-7-3-5-8(6-4-7)24(20,21)16-10-14-15-11(22-10)23(12,18)19/h3-6H,2H2,1H3,(H,13,17)(H,14,16)(H2,12,18,19). The summed E-state index contributed by atoms with van der Waals surface area (Å²) in [7, 11) is -8.04. The second-order valence-corrected chi connectivity index (χ2v) is 8.84. The van der Waals surface area contributed by atoms with E-state index in [1.807, 2.05) is 0 Å². The van der Waals surface area contributed by atoms with Crippen LogP contribution >= 0.6 is 11.3 Å². The van der Waals surface area contributed by atoms with Gasteiger partial charge in [0.2, 0.25) is 15.4 Å². The largest absolute Gasteiger partial charge is 0.326 e. The van der Waals surface area contributed by atoms with Gasteiger partial charge in [-0.25, -0.2) is 22.0 Å². The first kappa shape index (κ1) is 18.3. The molecule has 1 aromatic heterocycles. The van der Waals surface area contributed by atoms with Crippen LogP contribution in [0.25, 0.3) is 0 Å². The zero-order valence-electron chi connectivity index (χ0n) is 12.3. The fourth-order valence-electron chi connectivity index (χ4n) is 1.51. The average Bonchev–Trinajstić information content (AvgIpc) is 2.95. The molecule has 0 spiro atoms. The first-order chi connectivity index (χ1) is 11.1. The van der Waals surface area contributed by atoms with Crippen LogP contribution in [-0.2, 0) is 24.8 Å². The molecule has 0 unspecified atom stereocenters. The van der Waals surface area contributed by atoms with Crippen molar-refractivity contribution in [3.8, 4) is 0 Å². The van der Waals surface area contributed by atoms with E-state index < -0.39 is 24.4 Å². The van der Waals surface area contributed by atoms with Crippen molar-refractivity contribution in [2.75, 3.05) is 10.0 Å². The Bertz CT molecular complexity index is 950. The lowest BCUT2D eigenvalue weighted by atomic mass is 10.3. The minimum absolute atomic E-state index is 0.0932. The molecule has 0 atom stereocenters.